The van der Waals surface area contributed by atoms with Crippen molar-refractivity contribution in [1.29, 1.82) is 0 Å². The van der Waals surface area contributed by atoms with Crippen LogP contribution in [0.15, 0.2) is 35.4 Å². The van der Waals surface area contributed by atoms with Crippen LogP contribution in [0.3, 0.4) is 0 Å². The van der Waals surface area contributed by atoms with E-state index in [-0.39, 0.29) is 24.9 Å². The highest BCUT2D eigenvalue weighted by Gasteiger charge is 2.37. The zero-order valence-electron chi connectivity index (χ0n) is 10.6. The number of hydrogen-bond acceptors (Lipinski definition) is 4. The van der Waals surface area contributed by atoms with Crippen molar-refractivity contribution in [2.75, 3.05) is 13.2 Å². The third kappa shape index (κ3) is 3.68. The van der Waals surface area contributed by atoms with Gasteiger partial charge in [0.25, 0.3) is 0 Å². The largest absolute Gasteiger partial charge is 0.396 e. The molecule has 3 atom stereocenters. The second-order valence-corrected chi connectivity index (χ2v) is 4.42. The molecule has 1 aromatic carbocycles. The Bertz CT molecular complexity index is 434. The molecule has 0 bridgehead atoms. The highest BCUT2D eigenvalue weighted by atomic mass is 16.6. The molecule has 1 heterocycles. The fourth-order valence-electron chi connectivity index (χ4n) is 2.18. The van der Waals surface area contributed by atoms with Gasteiger partial charge in [-0.25, -0.2) is 0 Å². The summed E-state index contributed by atoms with van der Waals surface area (Å²) in [6.07, 6.45) is -0.0378. The monoisotopic (exact) mass is 263 g/mol. The average Bonchev–Trinajstić information content (AvgIpc) is 2.81. The van der Waals surface area contributed by atoms with E-state index in [0.717, 1.165) is 5.56 Å². The molecule has 6 heteroatoms. The summed E-state index contributed by atoms with van der Waals surface area (Å²) in [6, 6.07) is 9.45. The van der Waals surface area contributed by atoms with E-state index >= 15 is 0 Å². The maximum Gasteiger partial charge on any atom is 0.0949 e. The third-order valence-corrected chi connectivity index (χ3v) is 3.13. The van der Waals surface area contributed by atoms with Crippen molar-refractivity contribution in [2.24, 2.45) is 5.11 Å². The molecule has 1 aromatic rings. The van der Waals surface area contributed by atoms with Crippen molar-refractivity contribution < 1.29 is 14.6 Å². The Kier molecular flexibility index (Phi) is 5.18. The lowest BCUT2D eigenvalue weighted by molar-refractivity contribution is -0.0286. The average molecular weight is 263 g/mol. The number of benzene rings is 1. The molecule has 0 aliphatic carbocycles. The summed E-state index contributed by atoms with van der Waals surface area (Å²) in [7, 11) is 0. The summed E-state index contributed by atoms with van der Waals surface area (Å²) in [5.41, 5.74) is 9.60. The predicted molar refractivity (Wildman–Crippen MR) is 69.4 cm³/mol. The minimum absolute atomic E-state index is 0.0266. The third-order valence-electron chi connectivity index (χ3n) is 3.13. The van der Waals surface area contributed by atoms with Gasteiger partial charge in [-0.05, 0) is 17.5 Å². The van der Waals surface area contributed by atoms with E-state index in [1.54, 1.807) is 0 Å². The van der Waals surface area contributed by atoms with E-state index in [1.165, 1.54) is 0 Å². The van der Waals surface area contributed by atoms with Crippen LogP contribution in [0.2, 0.25) is 0 Å². The van der Waals surface area contributed by atoms with Gasteiger partial charge in [0.15, 0.2) is 0 Å². The highest BCUT2D eigenvalue weighted by molar-refractivity contribution is 5.13. The molecule has 1 fully saturated rings. The van der Waals surface area contributed by atoms with Gasteiger partial charge in [-0.15, -0.1) is 0 Å². The van der Waals surface area contributed by atoms with Crippen LogP contribution in [0, 0.1) is 0 Å². The zero-order chi connectivity index (χ0) is 13.5. The van der Waals surface area contributed by atoms with Gasteiger partial charge in [-0.3, -0.25) is 0 Å². The molecule has 1 N–H and O–H groups in total. The minimum atomic E-state index is -0.328. The lowest BCUT2D eigenvalue weighted by Crippen LogP contribution is -2.32. The quantitative estimate of drug-likeness (QED) is 0.484. The summed E-state index contributed by atoms with van der Waals surface area (Å²) in [5.74, 6) is 0. The molecule has 1 aliphatic heterocycles. The molecule has 1 saturated heterocycles. The molecular weight excluding hydrogens is 246 g/mol. The summed E-state index contributed by atoms with van der Waals surface area (Å²) in [6.45, 7) is 0.807. The topological polar surface area (TPSA) is 87.5 Å². The van der Waals surface area contributed by atoms with Gasteiger partial charge in [-0.1, -0.05) is 35.4 Å². The van der Waals surface area contributed by atoms with Crippen LogP contribution < -0.4 is 0 Å². The van der Waals surface area contributed by atoms with Crippen molar-refractivity contribution in [2.45, 2.75) is 31.3 Å². The van der Waals surface area contributed by atoms with E-state index in [4.69, 9.17) is 20.1 Å². The Balaban J connectivity index is 1.98. The second-order valence-electron chi connectivity index (χ2n) is 4.42. The molecule has 0 amide bonds. The molecule has 6 nitrogen and oxygen atoms in total. The Morgan fingerprint density at radius 2 is 2.21 bits per heavy atom. The SMILES string of the molecule is [N-]=[N+]=N[C@H]1CO[C@@H](CCO)[C@@H]1OCc1ccccc1. The standard InChI is InChI=1S/C13H17N3O3/c14-16-15-11-9-18-12(6-7-17)13(11)19-8-10-4-2-1-3-5-10/h1-5,11-13,17H,6-9H2/t11-,12-,13+/m0/s1. The Hall–Kier alpha value is -1.59. The van der Waals surface area contributed by atoms with Crippen LogP contribution >= 0.6 is 0 Å². The van der Waals surface area contributed by atoms with Gasteiger partial charge in [0.2, 0.25) is 0 Å². The van der Waals surface area contributed by atoms with Gasteiger partial charge < -0.3 is 14.6 Å². The maximum absolute atomic E-state index is 9.01. The molecule has 0 spiro atoms. The molecule has 0 radical (unpaired) electrons. The molecule has 0 aromatic heterocycles. The number of hydrogen-bond donors (Lipinski definition) is 1. The number of azide groups is 1. The lowest BCUT2D eigenvalue weighted by atomic mass is 10.1. The van der Waals surface area contributed by atoms with Gasteiger partial charge in [0.1, 0.15) is 0 Å². The first-order chi connectivity index (χ1) is 9.35. The number of ether oxygens (including phenoxy) is 2. The van der Waals surface area contributed by atoms with Crippen molar-refractivity contribution in [3.63, 3.8) is 0 Å². The van der Waals surface area contributed by atoms with Crippen molar-refractivity contribution >= 4 is 0 Å². The fourth-order valence-corrected chi connectivity index (χ4v) is 2.18. The molecule has 102 valence electrons. The molecule has 19 heavy (non-hydrogen) atoms. The van der Waals surface area contributed by atoms with Crippen LogP contribution in [0.5, 0.6) is 0 Å². The summed E-state index contributed by atoms with van der Waals surface area (Å²) in [5, 5.41) is 12.7. The highest BCUT2D eigenvalue weighted by Crippen LogP contribution is 2.24. The number of rotatable bonds is 6. The van der Waals surface area contributed by atoms with Gasteiger partial charge in [0, 0.05) is 11.5 Å². The first-order valence-electron chi connectivity index (χ1n) is 6.27. The van der Waals surface area contributed by atoms with Crippen molar-refractivity contribution in [3.05, 3.63) is 46.3 Å². The lowest BCUT2D eigenvalue weighted by Gasteiger charge is -2.20. The second kappa shape index (κ2) is 7.11. The van der Waals surface area contributed by atoms with E-state index in [1.807, 2.05) is 30.3 Å². The van der Waals surface area contributed by atoms with Crippen LogP contribution in [-0.4, -0.2) is 36.6 Å². The van der Waals surface area contributed by atoms with Crippen molar-refractivity contribution in [1.82, 2.24) is 0 Å². The molecule has 0 unspecified atom stereocenters. The molecular formula is C13H17N3O3. The summed E-state index contributed by atoms with van der Waals surface area (Å²) >= 11 is 0. The molecule has 2 rings (SSSR count). The van der Waals surface area contributed by atoms with E-state index in [2.05, 4.69) is 10.0 Å². The Morgan fingerprint density at radius 3 is 2.89 bits per heavy atom. The normalized spacial score (nSPS) is 26.1. The van der Waals surface area contributed by atoms with Gasteiger partial charge in [-0.2, -0.15) is 0 Å². The van der Waals surface area contributed by atoms with Crippen LogP contribution in [0.1, 0.15) is 12.0 Å². The van der Waals surface area contributed by atoms with Gasteiger partial charge >= 0.3 is 0 Å². The number of aliphatic hydroxyl groups excluding tert-OH is 1. The Labute approximate surface area is 111 Å². The first-order valence-corrected chi connectivity index (χ1v) is 6.27. The predicted octanol–water partition coefficient (Wildman–Crippen LogP) is 2.03. The van der Waals surface area contributed by atoms with Crippen molar-refractivity contribution in [3.8, 4) is 0 Å². The van der Waals surface area contributed by atoms with Crippen LogP contribution in [0.25, 0.3) is 10.4 Å². The van der Waals surface area contributed by atoms with E-state index < -0.39 is 0 Å². The minimum Gasteiger partial charge on any atom is -0.396 e. The van der Waals surface area contributed by atoms with Crippen LogP contribution in [-0.2, 0) is 16.1 Å². The maximum atomic E-state index is 9.01. The smallest absolute Gasteiger partial charge is 0.0949 e. The van der Waals surface area contributed by atoms with Crippen LogP contribution in [0.4, 0.5) is 0 Å². The first kappa shape index (κ1) is 13.8. The summed E-state index contributed by atoms with van der Waals surface area (Å²) in [4.78, 5) is 2.82. The number of nitrogens with zero attached hydrogens (tertiary/aromatic N) is 3. The fraction of sp³-hybridized carbons (Fsp3) is 0.538. The van der Waals surface area contributed by atoms with E-state index in [0.29, 0.717) is 19.6 Å². The summed E-state index contributed by atoms with van der Waals surface area (Å²) < 4.78 is 11.3. The molecule has 0 saturated carbocycles. The Morgan fingerprint density at radius 1 is 1.42 bits per heavy atom. The van der Waals surface area contributed by atoms with E-state index in [9.17, 15) is 0 Å². The zero-order valence-corrected chi connectivity index (χ0v) is 10.6. The molecule has 1 aliphatic rings. The number of aliphatic hydroxyl groups is 1. The van der Waals surface area contributed by atoms with Gasteiger partial charge in [0.05, 0.1) is 31.5 Å².